The molecule has 100 valence electrons. The van der Waals surface area contributed by atoms with Crippen molar-refractivity contribution in [3.05, 3.63) is 35.4 Å². The van der Waals surface area contributed by atoms with Crippen molar-refractivity contribution >= 4 is 0 Å². The third-order valence-electron chi connectivity index (χ3n) is 3.92. The second-order valence-corrected chi connectivity index (χ2v) is 5.66. The molecule has 0 spiro atoms. The van der Waals surface area contributed by atoms with Crippen LogP contribution in [0.2, 0.25) is 0 Å². The van der Waals surface area contributed by atoms with Crippen molar-refractivity contribution in [2.45, 2.75) is 52.2 Å². The Bertz CT molecular complexity index is 358. The summed E-state index contributed by atoms with van der Waals surface area (Å²) in [6, 6.07) is 10.3. The quantitative estimate of drug-likeness (QED) is 0.878. The first-order valence-corrected chi connectivity index (χ1v) is 7.22. The minimum Gasteiger partial charge on any atom is -0.311 e. The van der Waals surface area contributed by atoms with Gasteiger partial charge in [-0.05, 0) is 25.8 Å². The molecule has 1 fully saturated rings. The summed E-state index contributed by atoms with van der Waals surface area (Å²) in [6.07, 6.45) is 2.56. The summed E-state index contributed by atoms with van der Waals surface area (Å²) in [6.45, 7) is 10.1. The van der Waals surface area contributed by atoms with Crippen LogP contribution in [0.25, 0.3) is 0 Å². The van der Waals surface area contributed by atoms with E-state index in [4.69, 9.17) is 0 Å². The van der Waals surface area contributed by atoms with E-state index in [0.29, 0.717) is 12.1 Å². The first-order chi connectivity index (χ1) is 8.69. The van der Waals surface area contributed by atoms with Gasteiger partial charge in [0.05, 0.1) is 0 Å². The lowest BCUT2D eigenvalue weighted by Gasteiger charge is -2.39. The Morgan fingerprint density at radius 2 is 2.00 bits per heavy atom. The van der Waals surface area contributed by atoms with E-state index in [1.165, 1.54) is 30.5 Å². The fourth-order valence-electron chi connectivity index (χ4n) is 2.68. The molecule has 2 atom stereocenters. The predicted octanol–water partition coefficient (Wildman–Crippen LogP) is 2.96. The van der Waals surface area contributed by atoms with Gasteiger partial charge >= 0.3 is 0 Å². The number of rotatable bonds is 4. The summed E-state index contributed by atoms with van der Waals surface area (Å²) in [5.41, 5.74) is 2.78. The summed E-state index contributed by atoms with van der Waals surface area (Å²) in [5, 5.41) is 3.65. The molecule has 1 aliphatic heterocycles. The van der Waals surface area contributed by atoms with Crippen LogP contribution in [-0.2, 0) is 6.54 Å². The fraction of sp³-hybridized carbons (Fsp3) is 0.625. The molecule has 1 aromatic rings. The zero-order valence-corrected chi connectivity index (χ0v) is 11.9. The van der Waals surface area contributed by atoms with Crippen LogP contribution < -0.4 is 5.32 Å². The van der Waals surface area contributed by atoms with Crippen LogP contribution in [0.1, 0.15) is 37.8 Å². The summed E-state index contributed by atoms with van der Waals surface area (Å²) in [5.74, 6) is 0. The van der Waals surface area contributed by atoms with Gasteiger partial charge in [0, 0.05) is 31.7 Å². The normalized spacial score (nSPS) is 25.3. The maximum Gasteiger partial charge on any atom is 0.0237 e. The molecule has 0 radical (unpaired) electrons. The van der Waals surface area contributed by atoms with Gasteiger partial charge in [-0.1, -0.05) is 43.2 Å². The van der Waals surface area contributed by atoms with Crippen LogP contribution >= 0.6 is 0 Å². The molecule has 2 unspecified atom stereocenters. The molecule has 1 N–H and O–H groups in total. The Morgan fingerprint density at radius 3 is 2.67 bits per heavy atom. The van der Waals surface area contributed by atoms with Gasteiger partial charge in [0.15, 0.2) is 0 Å². The number of benzene rings is 1. The second-order valence-electron chi connectivity index (χ2n) is 5.66. The molecule has 0 saturated carbocycles. The largest absolute Gasteiger partial charge is 0.311 e. The van der Waals surface area contributed by atoms with Crippen molar-refractivity contribution in [3.8, 4) is 0 Å². The molecular formula is C16H26N2. The standard InChI is InChI=1S/C16H26N2/c1-4-5-16-12-18(14(3)10-17-16)11-15-8-6-13(2)7-9-15/h6-9,14,16-17H,4-5,10-12H2,1-3H3. The highest BCUT2D eigenvalue weighted by Crippen LogP contribution is 2.15. The lowest BCUT2D eigenvalue weighted by Crippen LogP contribution is -2.54. The molecule has 0 aliphatic carbocycles. The lowest BCUT2D eigenvalue weighted by molar-refractivity contribution is 0.129. The summed E-state index contributed by atoms with van der Waals surface area (Å²) in [7, 11) is 0. The molecule has 0 aromatic heterocycles. The first kappa shape index (κ1) is 13.6. The molecule has 1 aromatic carbocycles. The van der Waals surface area contributed by atoms with Gasteiger partial charge in [-0.3, -0.25) is 4.90 Å². The second kappa shape index (κ2) is 6.35. The van der Waals surface area contributed by atoms with Crippen molar-refractivity contribution in [1.29, 1.82) is 0 Å². The number of nitrogens with zero attached hydrogens (tertiary/aromatic N) is 1. The Kier molecular flexibility index (Phi) is 4.79. The van der Waals surface area contributed by atoms with Crippen molar-refractivity contribution in [1.82, 2.24) is 10.2 Å². The highest BCUT2D eigenvalue weighted by atomic mass is 15.2. The van der Waals surface area contributed by atoms with Crippen LogP contribution in [0.3, 0.4) is 0 Å². The maximum atomic E-state index is 3.65. The van der Waals surface area contributed by atoms with E-state index in [-0.39, 0.29) is 0 Å². The molecule has 2 rings (SSSR count). The molecule has 1 heterocycles. The molecule has 2 nitrogen and oxygen atoms in total. The summed E-state index contributed by atoms with van der Waals surface area (Å²) < 4.78 is 0. The van der Waals surface area contributed by atoms with Crippen LogP contribution in [-0.4, -0.2) is 30.1 Å². The van der Waals surface area contributed by atoms with Crippen molar-refractivity contribution in [2.24, 2.45) is 0 Å². The van der Waals surface area contributed by atoms with Crippen molar-refractivity contribution < 1.29 is 0 Å². The Hall–Kier alpha value is -0.860. The SMILES string of the molecule is CCCC1CN(Cc2ccc(C)cc2)C(C)CN1. The van der Waals surface area contributed by atoms with Gasteiger partial charge in [0.2, 0.25) is 0 Å². The first-order valence-electron chi connectivity index (χ1n) is 7.22. The topological polar surface area (TPSA) is 15.3 Å². The Labute approximate surface area is 111 Å². The fourth-order valence-corrected chi connectivity index (χ4v) is 2.68. The molecule has 18 heavy (non-hydrogen) atoms. The van der Waals surface area contributed by atoms with Gasteiger partial charge in [-0.15, -0.1) is 0 Å². The Balaban J connectivity index is 1.95. The van der Waals surface area contributed by atoms with E-state index in [2.05, 4.69) is 55.3 Å². The van der Waals surface area contributed by atoms with Crippen LogP contribution in [0.5, 0.6) is 0 Å². The van der Waals surface area contributed by atoms with Gasteiger partial charge in [0.1, 0.15) is 0 Å². The highest BCUT2D eigenvalue weighted by molar-refractivity contribution is 5.21. The van der Waals surface area contributed by atoms with Crippen molar-refractivity contribution in [3.63, 3.8) is 0 Å². The van der Waals surface area contributed by atoms with Gasteiger partial charge < -0.3 is 5.32 Å². The number of piperazine rings is 1. The van der Waals surface area contributed by atoms with E-state index in [1.54, 1.807) is 0 Å². The summed E-state index contributed by atoms with van der Waals surface area (Å²) in [4.78, 5) is 2.61. The van der Waals surface area contributed by atoms with E-state index in [0.717, 1.165) is 13.1 Å². The van der Waals surface area contributed by atoms with Crippen molar-refractivity contribution in [2.75, 3.05) is 13.1 Å². The minimum absolute atomic E-state index is 0.638. The third-order valence-corrected chi connectivity index (χ3v) is 3.92. The van der Waals surface area contributed by atoms with E-state index in [1.807, 2.05) is 0 Å². The molecule has 1 aliphatic rings. The number of hydrogen-bond donors (Lipinski definition) is 1. The van der Waals surface area contributed by atoms with Crippen LogP contribution in [0, 0.1) is 6.92 Å². The molecular weight excluding hydrogens is 220 g/mol. The van der Waals surface area contributed by atoms with E-state index in [9.17, 15) is 0 Å². The van der Waals surface area contributed by atoms with E-state index >= 15 is 0 Å². The molecule has 0 bridgehead atoms. The van der Waals surface area contributed by atoms with Gasteiger partial charge in [-0.2, -0.15) is 0 Å². The highest BCUT2D eigenvalue weighted by Gasteiger charge is 2.24. The van der Waals surface area contributed by atoms with Crippen LogP contribution in [0.4, 0.5) is 0 Å². The average molecular weight is 246 g/mol. The number of aryl methyl sites for hydroxylation is 1. The number of hydrogen-bond acceptors (Lipinski definition) is 2. The smallest absolute Gasteiger partial charge is 0.0237 e. The third kappa shape index (κ3) is 3.56. The lowest BCUT2D eigenvalue weighted by atomic mass is 10.0. The van der Waals surface area contributed by atoms with Crippen LogP contribution in [0.15, 0.2) is 24.3 Å². The zero-order chi connectivity index (χ0) is 13.0. The van der Waals surface area contributed by atoms with Gasteiger partial charge in [-0.25, -0.2) is 0 Å². The Morgan fingerprint density at radius 1 is 1.28 bits per heavy atom. The molecule has 2 heteroatoms. The summed E-state index contributed by atoms with van der Waals surface area (Å²) >= 11 is 0. The monoisotopic (exact) mass is 246 g/mol. The number of nitrogens with one attached hydrogen (secondary N) is 1. The van der Waals surface area contributed by atoms with E-state index < -0.39 is 0 Å². The molecule has 0 amide bonds. The minimum atomic E-state index is 0.638. The maximum absolute atomic E-state index is 3.65. The predicted molar refractivity (Wildman–Crippen MR) is 77.7 cm³/mol. The zero-order valence-electron chi connectivity index (χ0n) is 11.9. The average Bonchev–Trinajstić information content (AvgIpc) is 2.36. The molecule has 1 saturated heterocycles. The van der Waals surface area contributed by atoms with Gasteiger partial charge in [0.25, 0.3) is 0 Å².